The minimum Gasteiger partial charge on any atom is -0.497 e. The van der Waals surface area contributed by atoms with E-state index in [4.69, 9.17) is 4.74 Å². The van der Waals surface area contributed by atoms with Crippen molar-refractivity contribution in [2.75, 3.05) is 20.2 Å². The van der Waals surface area contributed by atoms with Crippen LogP contribution < -0.4 is 10.1 Å². The van der Waals surface area contributed by atoms with Crippen LogP contribution in [0, 0.1) is 5.92 Å². The number of benzene rings is 1. The molecular weight excluding hydrogens is 174 g/mol. The molecule has 1 aromatic carbocycles. The van der Waals surface area contributed by atoms with Gasteiger partial charge in [-0.15, -0.1) is 0 Å². The molecule has 2 atom stereocenters. The van der Waals surface area contributed by atoms with E-state index in [2.05, 4.69) is 29.6 Å². The first-order chi connectivity index (χ1) is 6.85. The Labute approximate surface area is 84.3 Å². The van der Waals surface area contributed by atoms with Gasteiger partial charge in [0.15, 0.2) is 0 Å². The first-order valence-electron chi connectivity index (χ1n) is 5.20. The number of ether oxygens (including phenoxy) is 1. The van der Waals surface area contributed by atoms with Gasteiger partial charge in [-0.2, -0.15) is 0 Å². The predicted molar refractivity (Wildman–Crippen MR) is 55.6 cm³/mol. The molecular formula is C12H15NO. The fourth-order valence-corrected chi connectivity index (χ4v) is 2.71. The van der Waals surface area contributed by atoms with E-state index >= 15 is 0 Å². The molecule has 2 heteroatoms. The van der Waals surface area contributed by atoms with E-state index < -0.39 is 0 Å². The highest BCUT2D eigenvalue weighted by Gasteiger charge is 2.57. The fraction of sp³-hybridized carbons (Fsp3) is 0.500. The van der Waals surface area contributed by atoms with Gasteiger partial charge in [0, 0.05) is 12.0 Å². The molecule has 0 aromatic heterocycles. The normalized spacial score (nSPS) is 33.9. The molecule has 0 spiro atoms. The van der Waals surface area contributed by atoms with Crippen LogP contribution in [0.4, 0.5) is 0 Å². The van der Waals surface area contributed by atoms with Crippen molar-refractivity contribution in [3.05, 3.63) is 29.8 Å². The van der Waals surface area contributed by atoms with Gasteiger partial charge in [-0.25, -0.2) is 0 Å². The second-order valence-corrected chi connectivity index (χ2v) is 4.42. The second kappa shape index (κ2) is 2.74. The summed E-state index contributed by atoms with van der Waals surface area (Å²) in [4.78, 5) is 0. The van der Waals surface area contributed by atoms with Crippen molar-refractivity contribution in [3.63, 3.8) is 0 Å². The Morgan fingerprint density at radius 1 is 1.36 bits per heavy atom. The lowest BCUT2D eigenvalue weighted by Gasteiger charge is -2.12. The van der Waals surface area contributed by atoms with E-state index in [-0.39, 0.29) is 0 Å². The number of nitrogens with one attached hydrogen (secondary N) is 1. The molecule has 1 aliphatic heterocycles. The molecule has 2 aliphatic rings. The Hall–Kier alpha value is -1.02. The van der Waals surface area contributed by atoms with E-state index in [0.29, 0.717) is 5.41 Å². The fourth-order valence-electron chi connectivity index (χ4n) is 2.71. The van der Waals surface area contributed by atoms with Gasteiger partial charge < -0.3 is 10.1 Å². The average molecular weight is 189 g/mol. The van der Waals surface area contributed by atoms with E-state index in [1.165, 1.54) is 18.5 Å². The van der Waals surface area contributed by atoms with Crippen LogP contribution in [0.5, 0.6) is 5.75 Å². The van der Waals surface area contributed by atoms with Crippen molar-refractivity contribution in [1.29, 1.82) is 0 Å². The van der Waals surface area contributed by atoms with Crippen LogP contribution in [-0.2, 0) is 5.41 Å². The summed E-state index contributed by atoms with van der Waals surface area (Å²) in [5.41, 5.74) is 1.96. The Balaban J connectivity index is 1.90. The van der Waals surface area contributed by atoms with Gasteiger partial charge in [0.05, 0.1) is 7.11 Å². The molecule has 1 saturated heterocycles. The Morgan fingerprint density at radius 2 is 2.14 bits per heavy atom. The second-order valence-electron chi connectivity index (χ2n) is 4.42. The van der Waals surface area contributed by atoms with Crippen molar-refractivity contribution in [2.24, 2.45) is 5.92 Å². The van der Waals surface area contributed by atoms with E-state index in [0.717, 1.165) is 18.2 Å². The van der Waals surface area contributed by atoms with Crippen LogP contribution in [0.25, 0.3) is 0 Å². The largest absolute Gasteiger partial charge is 0.497 e. The van der Waals surface area contributed by atoms with Crippen LogP contribution in [0.2, 0.25) is 0 Å². The molecule has 2 fully saturated rings. The molecule has 2 nitrogen and oxygen atoms in total. The highest BCUT2D eigenvalue weighted by molar-refractivity contribution is 5.39. The minimum atomic E-state index is 0.478. The van der Waals surface area contributed by atoms with Crippen LogP contribution in [0.15, 0.2) is 24.3 Å². The van der Waals surface area contributed by atoms with Crippen LogP contribution in [0.3, 0.4) is 0 Å². The first kappa shape index (κ1) is 8.30. The van der Waals surface area contributed by atoms with E-state index in [1.807, 2.05) is 0 Å². The third kappa shape index (κ3) is 1.01. The zero-order valence-electron chi connectivity index (χ0n) is 8.42. The van der Waals surface area contributed by atoms with Gasteiger partial charge in [-0.05, 0) is 36.6 Å². The van der Waals surface area contributed by atoms with Crippen molar-refractivity contribution >= 4 is 0 Å². The molecule has 1 aromatic rings. The number of fused-ring (bicyclic) bond motifs is 1. The minimum absolute atomic E-state index is 0.478. The summed E-state index contributed by atoms with van der Waals surface area (Å²) in [6, 6.07) is 8.56. The average Bonchev–Trinajstić information content (AvgIpc) is 2.82. The third-order valence-corrected chi connectivity index (χ3v) is 3.73. The number of hydrogen-bond donors (Lipinski definition) is 1. The van der Waals surface area contributed by atoms with Gasteiger partial charge in [0.25, 0.3) is 0 Å². The molecule has 74 valence electrons. The predicted octanol–water partition coefficient (Wildman–Crippen LogP) is 1.56. The maximum atomic E-state index is 5.16. The molecule has 1 heterocycles. The van der Waals surface area contributed by atoms with Gasteiger partial charge >= 0.3 is 0 Å². The lowest BCUT2D eigenvalue weighted by atomic mass is 9.95. The van der Waals surface area contributed by atoms with Crippen molar-refractivity contribution < 1.29 is 4.74 Å². The number of piperidine rings is 1. The summed E-state index contributed by atoms with van der Waals surface area (Å²) in [5, 5.41) is 3.46. The molecule has 1 aliphatic carbocycles. The van der Waals surface area contributed by atoms with Gasteiger partial charge in [0.2, 0.25) is 0 Å². The summed E-state index contributed by atoms with van der Waals surface area (Å²) >= 11 is 0. The molecule has 0 bridgehead atoms. The molecule has 3 rings (SSSR count). The topological polar surface area (TPSA) is 21.3 Å². The number of rotatable bonds is 2. The van der Waals surface area contributed by atoms with Crippen LogP contribution in [-0.4, -0.2) is 20.2 Å². The summed E-state index contributed by atoms with van der Waals surface area (Å²) in [7, 11) is 1.71. The highest BCUT2D eigenvalue weighted by Crippen LogP contribution is 2.56. The van der Waals surface area contributed by atoms with Gasteiger partial charge in [-0.1, -0.05) is 12.1 Å². The lowest BCUT2D eigenvalue weighted by molar-refractivity contribution is 0.414. The maximum absolute atomic E-state index is 5.16. The molecule has 1 saturated carbocycles. The number of hydrogen-bond acceptors (Lipinski definition) is 2. The monoisotopic (exact) mass is 189 g/mol. The molecule has 0 amide bonds. The Morgan fingerprint density at radius 3 is 2.64 bits per heavy atom. The smallest absolute Gasteiger partial charge is 0.118 e. The van der Waals surface area contributed by atoms with E-state index in [1.54, 1.807) is 7.11 Å². The van der Waals surface area contributed by atoms with Crippen molar-refractivity contribution in [1.82, 2.24) is 5.32 Å². The van der Waals surface area contributed by atoms with Crippen LogP contribution >= 0.6 is 0 Å². The van der Waals surface area contributed by atoms with Gasteiger partial charge in [-0.3, -0.25) is 0 Å². The van der Waals surface area contributed by atoms with Crippen molar-refractivity contribution in [3.8, 4) is 5.75 Å². The summed E-state index contributed by atoms with van der Waals surface area (Å²) in [5.74, 6) is 1.84. The lowest BCUT2D eigenvalue weighted by Crippen LogP contribution is -2.19. The highest BCUT2D eigenvalue weighted by atomic mass is 16.5. The maximum Gasteiger partial charge on any atom is 0.118 e. The molecule has 14 heavy (non-hydrogen) atoms. The summed E-state index contributed by atoms with van der Waals surface area (Å²) < 4.78 is 5.16. The first-order valence-corrected chi connectivity index (χ1v) is 5.20. The van der Waals surface area contributed by atoms with Gasteiger partial charge in [0.1, 0.15) is 5.75 Å². The standard InChI is InChI=1S/C12H15NO/c1-14-11-4-2-9(3-5-11)12-6-10(12)7-13-8-12/h2-5,10,13H,6-8H2,1H3/t10-,12+/m0/s1. The quantitative estimate of drug-likeness (QED) is 0.762. The zero-order chi connectivity index (χ0) is 9.60. The van der Waals surface area contributed by atoms with Crippen LogP contribution in [0.1, 0.15) is 12.0 Å². The van der Waals surface area contributed by atoms with Crippen molar-refractivity contribution in [2.45, 2.75) is 11.8 Å². The Kier molecular flexibility index (Phi) is 1.62. The number of methoxy groups -OCH3 is 1. The molecule has 0 unspecified atom stereocenters. The Bertz CT molecular complexity index is 346. The molecule has 1 N–H and O–H groups in total. The zero-order valence-corrected chi connectivity index (χ0v) is 8.42. The summed E-state index contributed by atoms with van der Waals surface area (Å²) in [6.07, 6.45) is 1.37. The summed E-state index contributed by atoms with van der Waals surface area (Å²) in [6.45, 7) is 2.36. The van der Waals surface area contributed by atoms with E-state index in [9.17, 15) is 0 Å². The third-order valence-electron chi connectivity index (χ3n) is 3.73. The molecule has 0 radical (unpaired) electrons. The SMILES string of the molecule is COc1ccc([C@@]23CNC[C@@H]2C3)cc1.